The summed E-state index contributed by atoms with van der Waals surface area (Å²) in [6, 6.07) is 10.3. The number of hydrogen-bond acceptors (Lipinski definition) is 4. The Morgan fingerprint density at radius 1 is 1.14 bits per heavy atom. The van der Waals surface area contributed by atoms with Crippen molar-refractivity contribution in [3.63, 3.8) is 0 Å². The second-order valence-corrected chi connectivity index (χ2v) is 7.47. The van der Waals surface area contributed by atoms with Crippen molar-refractivity contribution in [1.82, 2.24) is 25.4 Å². The number of hydrogen-bond donors (Lipinski definition) is 2. The van der Waals surface area contributed by atoms with Crippen molar-refractivity contribution in [1.29, 1.82) is 0 Å². The summed E-state index contributed by atoms with van der Waals surface area (Å²) in [4.78, 5) is 8.97. The third-order valence-corrected chi connectivity index (χ3v) is 5.37. The van der Waals surface area contributed by atoms with Crippen LogP contribution in [0.5, 0.6) is 0 Å². The number of rotatable bonds is 7. The molecule has 0 bridgehead atoms. The van der Waals surface area contributed by atoms with Crippen molar-refractivity contribution >= 4 is 41.3 Å². The molecule has 0 saturated heterocycles. The molecule has 0 fully saturated rings. The summed E-state index contributed by atoms with van der Waals surface area (Å²) in [5.74, 6) is 1.23. The van der Waals surface area contributed by atoms with E-state index in [1.54, 1.807) is 24.6 Å². The quantitative estimate of drug-likeness (QED) is 0.287. The van der Waals surface area contributed by atoms with Gasteiger partial charge in [-0.3, -0.25) is 9.67 Å². The lowest BCUT2D eigenvalue weighted by Gasteiger charge is -2.14. The zero-order valence-electron chi connectivity index (χ0n) is 16.4. The van der Waals surface area contributed by atoms with Gasteiger partial charge in [0.05, 0.1) is 23.8 Å². The fraction of sp³-hybridized carbons (Fsp3) is 0.350. The third-order valence-electron chi connectivity index (χ3n) is 4.18. The molecular formula is C20H27IN6S. The Morgan fingerprint density at radius 3 is 2.54 bits per heavy atom. The largest absolute Gasteiger partial charge is 0.352 e. The van der Waals surface area contributed by atoms with Crippen LogP contribution in [-0.2, 0) is 19.6 Å². The van der Waals surface area contributed by atoms with E-state index < -0.39 is 0 Å². The van der Waals surface area contributed by atoms with E-state index in [4.69, 9.17) is 0 Å². The first-order valence-electron chi connectivity index (χ1n) is 9.08. The third kappa shape index (κ3) is 6.30. The highest BCUT2D eigenvalue weighted by Crippen LogP contribution is 2.18. The van der Waals surface area contributed by atoms with Gasteiger partial charge in [0.2, 0.25) is 0 Å². The van der Waals surface area contributed by atoms with Crippen LogP contribution in [0.1, 0.15) is 41.6 Å². The van der Waals surface area contributed by atoms with Crippen molar-refractivity contribution in [2.45, 2.75) is 39.4 Å². The Labute approximate surface area is 187 Å². The second kappa shape index (κ2) is 11.2. The highest BCUT2D eigenvalue weighted by Gasteiger charge is 2.07. The molecule has 0 aliphatic carbocycles. The van der Waals surface area contributed by atoms with E-state index in [1.807, 2.05) is 16.9 Å². The van der Waals surface area contributed by atoms with Gasteiger partial charge in [-0.2, -0.15) is 5.10 Å². The highest BCUT2D eigenvalue weighted by molar-refractivity contribution is 14.0. The van der Waals surface area contributed by atoms with Gasteiger partial charge in [0, 0.05) is 37.3 Å². The second-order valence-electron chi connectivity index (χ2n) is 6.58. The van der Waals surface area contributed by atoms with E-state index in [1.165, 1.54) is 16.1 Å². The molecule has 0 aliphatic heterocycles. The fourth-order valence-corrected chi connectivity index (χ4v) is 3.53. The predicted octanol–water partition coefficient (Wildman–Crippen LogP) is 3.99. The Bertz CT molecular complexity index is 872. The molecule has 2 heterocycles. The first-order chi connectivity index (χ1) is 13.2. The zero-order valence-corrected chi connectivity index (χ0v) is 19.6. The minimum atomic E-state index is 0. The summed E-state index contributed by atoms with van der Waals surface area (Å²) in [5.41, 5.74) is 3.52. The lowest BCUT2D eigenvalue weighted by Crippen LogP contribution is -2.36. The molecule has 1 aromatic carbocycles. The summed E-state index contributed by atoms with van der Waals surface area (Å²) in [5, 5.41) is 14.3. The smallest absolute Gasteiger partial charge is 0.191 e. The molecule has 2 aromatic heterocycles. The average Bonchev–Trinajstić information content (AvgIpc) is 3.35. The van der Waals surface area contributed by atoms with Crippen molar-refractivity contribution in [2.24, 2.45) is 4.99 Å². The lowest BCUT2D eigenvalue weighted by atomic mass is 10.1. The molecule has 0 atom stereocenters. The average molecular weight is 510 g/mol. The zero-order chi connectivity index (χ0) is 19.1. The first kappa shape index (κ1) is 22.4. The maximum Gasteiger partial charge on any atom is 0.191 e. The number of benzene rings is 1. The Kier molecular flexibility index (Phi) is 8.91. The van der Waals surface area contributed by atoms with Crippen molar-refractivity contribution in [2.75, 3.05) is 7.05 Å². The predicted molar refractivity (Wildman–Crippen MR) is 126 cm³/mol. The maximum atomic E-state index is 4.65. The van der Waals surface area contributed by atoms with E-state index in [0.29, 0.717) is 19.0 Å². The monoisotopic (exact) mass is 510 g/mol. The molecule has 0 radical (unpaired) electrons. The molecular weight excluding hydrogens is 483 g/mol. The van der Waals surface area contributed by atoms with Crippen LogP contribution >= 0.6 is 35.3 Å². The topological polar surface area (TPSA) is 67.1 Å². The minimum Gasteiger partial charge on any atom is -0.352 e. The molecule has 2 N–H and O–H groups in total. The van der Waals surface area contributed by atoms with Gasteiger partial charge in [-0.05, 0) is 17.2 Å². The van der Waals surface area contributed by atoms with E-state index in [2.05, 4.69) is 69.2 Å². The standard InChI is InChI=1S/C20H26N6S.HI/c1-15(2)19-25-18(14-27-19)12-23-20(21-3)22-11-16-7-4-5-8-17(16)13-26-10-6-9-24-26;/h4-10,14-15H,11-13H2,1-3H3,(H2,21,22,23);1H. The molecule has 3 aromatic rings. The minimum absolute atomic E-state index is 0. The number of halogens is 1. The van der Waals surface area contributed by atoms with Crippen molar-refractivity contribution in [3.05, 3.63) is 69.9 Å². The van der Waals surface area contributed by atoms with Gasteiger partial charge in [0.1, 0.15) is 0 Å². The van der Waals surface area contributed by atoms with Gasteiger partial charge in [-0.1, -0.05) is 38.1 Å². The summed E-state index contributed by atoms with van der Waals surface area (Å²) >= 11 is 1.71. The molecule has 6 nitrogen and oxygen atoms in total. The van der Waals surface area contributed by atoms with Gasteiger partial charge in [0.25, 0.3) is 0 Å². The maximum absolute atomic E-state index is 4.65. The molecule has 150 valence electrons. The van der Waals surface area contributed by atoms with Crippen molar-refractivity contribution in [3.8, 4) is 0 Å². The van der Waals surface area contributed by atoms with E-state index in [9.17, 15) is 0 Å². The number of nitrogens with one attached hydrogen (secondary N) is 2. The summed E-state index contributed by atoms with van der Waals surface area (Å²) < 4.78 is 1.93. The number of thiazole rings is 1. The molecule has 0 amide bonds. The number of guanidine groups is 1. The molecule has 0 saturated carbocycles. The van der Waals surface area contributed by atoms with Gasteiger partial charge < -0.3 is 10.6 Å². The Hall–Kier alpha value is -1.94. The summed E-state index contributed by atoms with van der Waals surface area (Å²) in [6.07, 6.45) is 3.78. The lowest BCUT2D eigenvalue weighted by molar-refractivity contribution is 0.677. The van der Waals surface area contributed by atoms with Gasteiger partial charge >= 0.3 is 0 Å². The van der Waals surface area contributed by atoms with Crippen LogP contribution in [0.3, 0.4) is 0 Å². The van der Waals surface area contributed by atoms with Crippen LogP contribution in [0.25, 0.3) is 0 Å². The van der Waals surface area contributed by atoms with Crippen LogP contribution in [0, 0.1) is 0 Å². The molecule has 0 aliphatic rings. The number of nitrogens with zero attached hydrogens (tertiary/aromatic N) is 4. The van der Waals surface area contributed by atoms with Crippen LogP contribution in [0.15, 0.2) is 53.1 Å². The number of aliphatic imine (C=N–C) groups is 1. The number of aromatic nitrogens is 3. The van der Waals surface area contributed by atoms with Gasteiger partial charge in [0.15, 0.2) is 5.96 Å². The molecule has 8 heteroatoms. The molecule has 28 heavy (non-hydrogen) atoms. The van der Waals surface area contributed by atoms with Gasteiger partial charge in [-0.25, -0.2) is 4.98 Å². The van der Waals surface area contributed by atoms with Crippen LogP contribution in [-0.4, -0.2) is 27.8 Å². The summed E-state index contributed by atoms with van der Waals surface area (Å²) in [6.45, 7) is 6.45. The molecule has 0 spiro atoms. The van der Waals surface area contributed by atoms with E-state index >= 15 is 0 Å². The molecule has 3 rings (SSSR count). The van der Waals surface area contributed by atoms with Crippen LogP contribution in [0.2, 0.25) is 0 Å². The fourth-order valence-electron chi connectivity index (χ4n) is 2.70. The Balaban J connectivity index is 0.00000280. The SMILES string of the molecule is CN=C(NCc1csc(C(C)C)n1)NCc1ccccc1Cn1cccn1.I. The van der Waals surface area contributed by atoms with Crippen LogP contribution in [0.4, 0.5) is 0 Å². The normalized spacial score (nSPS) is 11.4. The molecule has 0 unspecified atom stereocenters. The van der Waals surface area contributed by atoms with Crippen molar-refractivity contribution < 1.29 is 0 Å². The Morgan fingerprint density at radius 2 is 1.89 bits per heavy atom. The first-order valence-corrected chi connectivity index (χ1v) is 9.96. The van der Waals surface area contributed by atoms with E-state index in [-0.39, 0.29) is 24.0 Å². The highest BCUT2D eigenvalue weighted by atomic mass is 127. The summed E-state index contributed by atoms with van der Waals surface area (Å²) in [7, 11) is 1.78. The van der Waals surface area contributed by atoms with Crippen LogP contribution < -0.4 is 10.6 Å². The van der Waals surface area contributed by atoms with E-state index in [0.717, 1.165) is 18.2 Å². The van der Waals surface area contributed by atoms with Gasteiger partial charge in [-0.15, -0.1) is 35.3 Å².